The predicted octanol–water partition coefficient (Wildman–Crippen LogP) is 2.82. The van der Waals surface area contributed by atoms with Crippen LogP contribution in [0.5, 0.6) is 5.88 Å². The fourth-order valence-electron chi connectivity index (χ4n) is 2.78. The second-order valence-electron chi connectivity index (χ2n) is 5.55. The van der Waals surface area contributed by atoms with Crippen LogP contribution in [0.3, 0.4) is 0 Å². The van der Waals surface area contributed by atoms with Crippen molar-refractivity contribution in [2.45, 2.75) is 13.1 Å². The van der Waals surface area contributed by atoms with Gasteiger partial charge < -0.3 is 5.11 Å². The van der Waals surface area contributed by atoms with Crippen LogP contribution < -0.4 is 4.40 Å². The Morgan fingerprint density at radius 3 is 2.85 bits per heavy atom. The third-order valence-electron chi connectivity index (χ3n) is 3.84. The maximum atomic E-state index is 12.9. The molecule has 0 saturated carbocycles. The standard InChI is InChI=1S/C16H11Cl2N5O2S/c17-10-5-20-21(7-10)9-12(24)14-15(25)22-4-2-1-3-13(22)23(14)8-11-6-19-16(18)26-11/h1-7H,8-9H2/p+1. The number of thiazole rings is 1. The zero-order valence-corrected chi connectivity index (χ0v) is 15.5. The first-order valence-corrected chi connectivity index (χ1v) is 9.13. The summed E-state index contributed by atoms with van der Waals surface area (Å²) < 4.78 is 5.16. The van der Waals surface area contributed by atoms with E-state index in [-0.39, 0.29) is 23.9 Å². The molecule has 0 bridgehead atoms. The summed E-state index contributed by atoms with van der Waals surface area (Å²) in [4.78, 5) is 17.8. The van der Waals surface area contributed by atoms with Crippen molar-refractivity contribution in [2.75, 3.05) is 0 Å². The van der Waals surface area contributed by atoms with Gasteiger partial charge in [0.2, 0.25) is 5.78 Å². The van der Waals surface area contributed by atoms with E-state index in [0.29, 0.717) is 21.7 Å². The molecular formula is C16H12Cl2N5O2S+. The molecule has 26 heavy (non-hydrogen) atoms. The van der Waals surface area contributed by atoms with E-state index < -0.39 is 0 Å². The lowest BCUT2D eigenvalue weighted by Crippen LogP contribution is -2.19. The number of imidazole rings is 1. The molecule has 0 saturated heterocycles. The molecule has 0 fully saturated rings. The molecule has 0 aliphatic heterocycles. The number of fused-ring (bicyclic) bond motifs is 1. The Hall–Kier alpha value is -2.42. The summed E-state index contributed by atoms with van der Waals surface area (Å²) in [7, 11) is 0. The first-order chi connectivity index (χ1) is 12.5. The van der Waals surface area contributed by atoms with Gasteiger partial charge in [0.1, 0.15) is 13.1 Å². The van der Waals surface area contributed by atoms with Crippen LogP contribution in [0.1, 0.15) is 15.4 Å². The van der Waals surface area contributed by atoms with Crippen molar-refractivity contribution in [2.24, 2.45) is 0 Å². The van der Waals surface area contributed by atoms with E-state index in [1.807, 2.05) is 12.1 Å². The zero-order chi connectivity index (χ0) is 18.3. The van der Waals surface area contributed by atoms with Gasteiger partial charge in [-0.1, -0.05) is 29.3 Å². The van der Waals surface area contributed by atoms with E-state index in [1.165, 1.54) is 22.2 Å². The Morgan fingerprint density at radius 2 is 2.15 bits per heavy atom. The quantitative estimate of drug-likeness (QED) is 0.406. The number of aromatic nitrogens is 5. The molecule has 4 heterocycles. The van der Waals surface area contributed by atoms with Gasteiger partial charge in [0, 0.05) is 18.5 Å². The van der Waals surface area contributed by atoms with E-state index in [1.54, 1.807) is 33.6 Å². The van der Waals surface area contributed by atoms with Crippen LogP contribution in [-0.4, -0.2) is 30.2 Å². The minimum Gasteiger partial charge on any atom is -0.474 e. The molecule has 0 unspecified atom stereocenters. The summed E-state index contributed by atoms with van der Waals surface area (Å²) in [6.07, 6.45) is 6.37. The lowest BCUT2D eigenvalue weighted by atomic mass is 10.3. The summed E-state index contributed by atoms with van der Waals surface area (Å²) in [5.74, 6) is -0.416. The smallest absolute Gasteiger partial charge is 0.339 e. The van der Waals surface area contributed by atoms with E-state index in [9.17, 15) is 9.90 Å². The lowest BCUT2D eigenvalue weighted by molar-refractivity contribution is -0.521. The maximum Gasteiger partial charge on any atom is 0.339 e. The molecule has 0 spiro atoms. The molecule has 0 aromatic carbocycles. The Balaban J connectivity index is 1.80. The van der Waals surface area contributed by atoms with E-state index in [0.717, 1.165) is 4.88 Å². The van der Waals surface area contributed by atoms with Gasteiger partial charge in [-0.05, 0) is 6.07 Å². The second-order valence-corrected chi connectivity index (χ2v) is 7.68. The molecule has 10 heteroatoms. The van der Waals surface area contributed by atoms with Gasteiger partial charge in [-0.2, -0.15) is 9.50 Å². The Kier molecular flexibility index (Phi) is 4.39. The van der Waals surface area contributed by atoms with E-state index in [4.69, 9.17) is 23.2 Å². The first-order valence-electron chi connectivity index (χ1n) is 7.56. The van der Waals surface area contributed by atoms with Crippen molar-refractivity contribution in [3.63, 3.8) is 0 Å². The molecular weight excluding hydrogens is 397 g/mol. The average molecular weight is 409 g/mol. The highest BCUT2D eigenvalue weighted by molar-refractivity contribution is 7.15. The van der Waals surface area contributed by atoms with Crippen LogP contribution >= 0.6 is 34.5 Å². The normalized spacial score (nSPS) is 11.3. The third kappa shape index (κ3) is 3.07. The summed E-state index contributed by atoms with van der Waals surface area (Å²) >= 11 is 13.1. The minimum absolute atomic E-state index is 0.0411. The number of carbonyl (C=O) groups is 1. The van der Waals surface area contributed by atoms with Crippen molar-refractivity contribution in [3.05, 3.63) is 63.0 Å². The highest BCUT2D eigenvalue weighted by Crippen LogP contribution is 2.24. The average Bonchev–Trinajstić information content (AvgIpc) is 3.28. The van der Waals surface area contributed by atoms with Crippen molar-refractivity contribution in [1.82, 2.24) is 19.3 Å². The molecule has 0 aliphatic carbocycles. The van der Waals surface area contributed by atoms with Gasteiger partial charge in [-0.15, -0.1) is 11.3 Å². The highest BCUT2D eigenvalue weighted by atomic mass is 35.5. The molecule has 0 atom stereocenters. The van der Waals surface area contributed by atoms with Gasteiger partial charge >= 0.3 is 5.88 Å². The van der Waals surface area contributed by atoms with Crippen molar-refractivity contribution in [1.29, 1.82) is 0 Å². The number of Topliss-reactive ketones (excluding diaryl/α,β-unsaturated/α-hetero) is 1. The van der Waals surface area contributed by atoms with Crippen LogP contribution in [0, 0.1) is 0 Å². The van der Waals surface area contributed by atoms with Gasteiger partial charge in [-0.25, -0.2) is 9.55 Å². The minimum atomic E-state index is -0.290. The van der Waals surface area contributed by atoms with Gasteiger partial charge in [-0.3, -0.25) is 9.48 Å². The number of rotatable bonds is 5. The van der Waals surface area contributed by atoms with Gasteiger partial charge in [0.05, 0.1) is 22.3 Å². The molecule has 4 rings (SSSR count). The number of pyridine rings is 1. The molecule has 4 aromatic heterocycles. The molecule has 0 aliphatic rings. The summed E-state index contributed by atoms with van der Waals surface area (Å²) in [5, 5.41) is 15.1. The SMILES string of the molecule is O=C(Cn1cc(Cl)cn1)c1c(O)[n+]2ccccc2n1Cc1cnc(Cl)s1. The number of halogens is 2. The molecule has 0 amide bonds. The highest BCUT2D eigenvalue weighted by Gasteiger charge is 2.31. The summed E-state index contributed by atoms with van der Waals surface area (Å²) in [6, 6.07) is 5.44. The van der Waals surface area contributed by atoms with Crippen LogP contribution in [0.4, 0.5) is 0 Å². The lowest BCUT2D eigenvalue weighted by Gasteiger charge is -2.01. The van der Waals surface area contributed by atoms with Crippen molar-refractivity contribution >= 4 is 46.0 Å². The van der Waals surface area contributed by atoms with Gasteiger partial charge in [0.15, 0.2) is 4.47 Å². The number of carbonyl (C=O) groups excluding carboxylic acids is 1. The van der Waals surface area contributed by atoms with Crippen LogP contribution in [0.2, 0.25) is 9.49 Å². The third-order valence-corrected chi connectivity index (χ3v) is 5.13. The van der Waals surface area contributed by atoms with Gasteiger partial charge in [0.25, 0.3) is 11.3 Å². The fraction of sp³-hybridized carbons (Fsp3) is 0.125. The molecule has 0 radical (unpaired) electrons. The van der Waals surface area contributed by atoms with E-state index >= 15 is 0 Å². The molecule has 4 aromatic rings. The molecule has 1 N–H and O–H groups in total. The van der Waals surface area contributed by atoms with Crippen molar-refractivity contribution in [3.8, 4) is 5.88 Å². The van der Waals surface area contributed by atoms with E-state index in [2.05, 4.69) is 10.1 Å². The first kappa shape index (κ1) is 17.0. The predicted molar refractivity (Wildman–Crippen MR) is 97.1 cm³/mol. The molecule has 132 valence electrons. The van der Waals surface area contributed by atoms with Crippen LogP contribution in [-0.2, 0) is 13.1 Å². The van der Waals surface area contributed by atoms with Crippen molar-refractivity contribution < 1.29 is 14.3 Å². The maximum absolute atomic E-state index is 12.9. The molecule has 7 nitrogen and oxygen atoms in total. The Bertz CT molecular complexity index is 1120. The van der Waals surface area contributed by atoms with Crippen LogP contribution in [0.25, 0.3) is 5.65 Å². The fourth-order valence-corrected chi connectivity index (χ4v) is 3.90. The Labute approximate surface area is 161 Å². The number of hydrogen-bond acceptors (Lipinski definition) is 5. The number of aromatic hydroxyl groups is 1. The summed E-state index contributed by atoms with van der Waals surface area (Å²) in [5.41, 5.74) is 0.865. The zero-order valence-electron chi connectivity index (χ0n) is 13.2. The second kappa shape index (κ2) is 6.71. The monoisotopic (exact) mass is 408 g/mol. The topological polar surface area (TPSA) is 77.0 Å². The number of hydrogen-bond donors (Lipinski definition) is 1. The largest absolute Gasteiger partial charge is 0.474 e. The Morgan fingerprint density at radius 1 is 1.31 bits per heavy atom. The van der Waals surface area contributed by atoms with Crippen LogP contribution in [0.15, 0.2) is 43.0 Å². The number of nitrogens with zero attached hydrogens (tertiary/aromatic N) is 5. The number of ketones is 1. The summed E-state index contributed by atoms with van der Waals surface area (Å²) in [6.45, 7) is 0.319.